The van der Waals surface area contributed by atoms with Crippen LogP contribution in [-0.2, 0) is 6.54 Å². The highest BCUT2D eigenvalue weighted by atomic mass is 32.2. The number of nitrogens with one attached hydrogen (secondary N) is 2. The molecule has 1 unspecified atom stereocenters. The van der Waals surface area contributed by atoms with Crippen molar-refractivity contribution in [2.75, 3.05) is 24.3 Å². The number of hydrogen-bond donors (Lipinski definition) is 2. The Bertz CT molecular complexity index is 931. The summed E-state index contributed by atoms with van der Waals surface area (Å²) in [4.78, 5) is 21.0. The van der Waals surface area contributed by atoms with Gasteiger partial charge in [-0.1, -0.05) is 6.08 Å². The summed E-state index contributed by atoms with van der Waals surface area (Å²) in [5, 5.41) is 5.64. The van der Waals surface area contributed by atoms with Crippen molar-refractivity contribution in [3.8, 4) is 0 Å². The van der Waals surface area contributed by atoms with Crippen LogP contribution in [0.2, 0.25) is 0 Å². The van der Waals surface area contributed by atoms with Gasteiger partial charge in [0, 0.05) is 42.6 Å². The zero-order chi connectivity index (χ0) is 19.0. The van der Waals surface area contributed by atoms with E-state index in [0.29, 0.717) is 5.95 Å². The van der Waals surface area contributed by atoms with Crippen molar-refractivity contribution in [1.82, 2.24) is 35.3 Å². The van der Waals surface area contributed by atoms with Crippen LogP contribution in [0, 0.1) is 6.92 Å². The summed E-state index contributed by atoms with van der Waals surface area (Å²) in [7, 11) is 0. The van der Waals surface area contributed by atoms with Gasteiger partial charge in [-0.15, -0.1) is 11.8 Å². The Hall–Kier alpha value is -2.49. The summed E-state index contributed by atoms with van der Waals surface area (Å²) in [5.74, 6) is 2.49. The molecule has 5 heterocycles. The van der Waals surface area contributed by atoms with E-state index < -0.39 is 0 Å². The second-order valence-electron chi connectivity index (χ2n) is 7.20. The maximum Gasteiger partial charge on any atom is 0.228 e. The van der Waals surface area contributed by atoms with E-state index in [9.17, 15) is 0 Å². The minimum absolute atomic E-state index is 0.1000. The first-order valence-corrected chi connectivity index (χ1v) is 10.3. The molecule has 0 aliphatic carbocycles. The van der Waals surface area contributed by atoms with Gasteiger partial charge in [-0.3, -0.25) is 4.90 Å². The molecular formula is C19H22N8S. The molecule has 28 heavy (non-hydrogen) atoms. The number of rotatable bonds is 4. The molecule has 1 saturated heterocycles. The fraction of sp³-hybridized carbons (Fsp3) is 0.368. The normalized spacial score (nSPS) is 24.6. The highest BCUT2D eigenvalue weighted by Gasteiger charge is 2.49. The van der Waals surface area contributed by atoms with E-state index in [1.165, 1.54) is 4.91 Å². The SMILES string of the molecule is Cc1ccnc(NC2=CC34CCN(Cc5ccncn5)CC=C3SCN4N2)n1. The van der Waals surface area contributed by atoms with Crippen molar-refractivity contribution in [1.29, 1.82) is 0 Å². The predicted octanol–water partition coefficient (Wildman–Crippen LogP) is 1.88. The molecule has 144 valence electrons. The third kappa shape index (κ3) is 3.25. The minimum Gasteiger partial charge on any atom is -0.310 e. The molecule has 1 spiro atoms. The molecule has 0 amide bonds. The molecule has 0 saturated carbocycles. The number of hydrazine groups is 1. The van der Waals surface area contributed by atoms with Crippen LogP contribution in [0.15, 0.2) is 53.7 Å². The Morgan fingerprint density at radius 1 is 1.29 bits per heavy atom. The zero-order valence-electron chi connectivity index (χ0n) is 15.7. The van der Waals surface area contributed by atoms with Crippen LogP contribution >= 0.6 is 11.8 Å². The smallest absolute Gasteiger partial charge is 0.228 e. The number of anilines is 1. The van der Waals surface area contributed by atoms with Gasteiger partial charge < -0.3 is 10.7 Å². The van der Waals surface area contributed by atoms with Crippen LogP contribution in [0.4, 0.5) is 5.95 Å². The van der Waals surface area contributed by atoms with Crippen molar-refractivity contribution in [3.63, 3.8) is 0 Å². The zero-order valence-corrected chi connectivity index (χ0v) is 16.5. The van der Waals surface area contributed by atoms with Crippen molar-refractivity contribution in [2.24, 2.45) is 0 Å². The molecule has 0 aromatic carbocycles. The monoisotopic (exact) mass is 394 g/mol. The third-order valence-corrected chi connectivity index (χ3v) is 6.53. The van der Waals surface area contributed by atoms with Crippen molar-refractivity contribution < 1.29 is 0 Å². The summed E-state index contributed by atoms with van der Waals surface area (Å²) in [6, 6.07) is 3.88. The number of nitrogens with zero attached hydrogens (tertiary/aromatic N) is 6. The van der Waals surface area contributed by atoms with Gasteiger partial charge in [-0.05, 0) is 31.6 Å². The summed E-state index contributed by atoms with van der Waals surface area (Å²) < 4.78 is 0. The Balaban J connectivity index is 1.34. The van der Waals surface area contributed by atoms with Crippen LogP contribution in [0.3, 0.4) is 0 Å². The summed E-state index contributed by atoms with van der Waals surface area (Å²) in [6.45, 7) is 4.73. The predicted molar refractivity (Wildman–Crippen MR) is 109 cm³/mol. The molecule has 1 fully saturated rings. The fourth-order valence-corrected chi connectivity index (χ4v) is 5.16. The Kier molecular flexibility index (Phi) is 4.50. The van der Waals surface area contributed by atoms with Crippen LogP contribution in [0.25, 0.3) is 0 Å². The average Bonchev–Trinajstić information content (AvgIpc) is 3.14. The molecule has 0 bridgehead atoms. The lowest BCUT2D eigenvalue weighted by Gasteiger charge is -2.30. The molecule has 0 radical (unpaired) electrons. The van der Waals surface area contributed by atoms with Gasteiger partial charge >= 0.3 is 0 Å². The van der Waals surface area contributed by atoms with Crippen molar-refractivity contribution in [2.45, 2.75) is 25.4 Å². The lowest BCUT2D eigenvalue weighted by atomic mass is 9.94. The lowest BCUT2D eigenvalue weighted by molar-refractivity contribution is 0.160. The van der Waals surface area contributed by atoms with E-state index in [4.69, 9.17) is 0 Å². The molecule has 8 nitrogen and oxygen atoms in total. The van der Waals surface area contributed by atoms with Crippen LogP contribution in [0.5, 0.6) is 0 Å². The van der Waals surface area contributed by atoms with Gasteiger partial charge in [0.1, 0.15) is 12.1 Å². The Morgan fingerprint density at radius 3 is 3.11 bits per heavy atom. The molecule has 3 aliphatic rings. The lowest BCUT2D eigenvalue weighted by Crippen LogP contribution is -2.46. The van der Waals surface area contributed by atoms with Crippen LogP contribution in [0.1, 0.15) is 17.8 Å². The van der Waals surface area contributed by atoms with Crippen molar-refractivity contribution in [3.05, 3.63) is 65.1 Å². The van der Waals surface area contributed by atoms with Gasteiger partial charge in [-0.25, -0.2) is 19.9 Å². The summed E-state index contributed by atoms with van der Waals surface area (Å²) >= 11 is 1.91. The van der Waals surface area contributed by atoms with Gasteiger partial charge in [0.25, 0.3) is 0 Å². The number of aryl methyl sites for hydroxylation is 1. The van der Waals surface area contributed by atoms with Gasteiger partial charge in [0.15, 0.2) is 0 Å². The molecule has 2 aromatic heterocycles. The third-order valence-electron chi connectivity index (χ3n) is 5.31. The van der Waals surface area contributed by atoms with E-state index in [1.807, 2.05) is 30.8 Å². The van der Waals surface area contributed by atoms with Gasteiger partial charge in [0.2, 0.25) is 5.95 Å². The van der Waals surface area contributed by atoms with Gasteiger partial charge in [0.05, 0.1) is 17.1 Å². The fourth-order valence-electron chi connectivity index (χ4n) is 3.88. The van der Waals surface area contributed by atoms with E-state index in [1.54, 1.807) is 18.7 Å². The van der Waals surface area contributed by atoms with E-state index in [-0.39, 0.29) is 5.54 Å². The maximum atomic E-state index is 4.45. The first kappa shape index (κ1) is 17.6. The van der Waals surface area contributed by atoms with Crippen LogP contribution in [-0.4, -0.2) is 54.3 Å². The van der Waals surface area contributed by atoms with E-state index >= 15 is 0 Å². The topological polar surface area (TPSA) is 82.1 Å². The number of aromatic nitrogens is 4. The largest absolute Gasteiger partial charge is 0.310 e. The number of thioether (sulfide) groups is 1. The Morgan fingerprint density at radius 2 is 2.25 bits per heavy atom. The average molecular weight is 395 g/mol. The summed E-state index contributed by atoms with van der Waals surface area (Å²) in [5.41, 5.74) is 5.41. The quantitative estimate of drug-likeness (QED) is 0.808. The van der Waals surface area contributed by atoms with Gasteiger partial charge in [-0.2, -0.15) is 5.01 Å². The standard InChI is InChI=1S/C19H22N8S/c1-14-2-7-21-18(23-14)24-17-10-19-5-9-26(11-15-3-6-20-12-22-15)8-4-16(19)28-13-27(19)25-17/h2-4,6-7,10,12,25H,5,8-9,11,13H2,1H3,(H,21,23,24). The molecule has 2 aromatic rings. The summed E-state index contributed by atoms with van der Waals surface area (Å²) in [6.07, 6.45) is 10.9. The van der Waals surface area contributed by atoms with Crippen LogP contribution < -0.4 is 10.7 Å². The first-order valence-electron chi connectivity index (χ1n) is 9.36. The minimum atomic E-state index is -0.1000. The molecule has 5 rings (SSSR count). The maximum absolute atomic E-state index is 4.45. The number of hydrogen-bond acceptors (Lipinski definition) is 9. The van der Waals surface area contributed by atoms with Crippen molar-refractivity contribution >= 4 is 17.7 Å². The Labute approximate surface area is 168 Å². The molecule has 9 heteroatoms. The first-order chi connectivity index (χ1) is 13.7. The molecular weight excluding hydrogens is 372 g/mol. The van der Waals surface area contributed by atoms with E-state index in [0.717, 1.165) is 49.1 Å². The second-order valence-corrected chi connectivity index (χ2v) is 8.18. The molecule has 2 N–H and O–H groups in total. The highest BCUT2D eigenvalue weighted by Crippen LogP contribution is 2.48. The highest BCUT2D eigenvalue weighted by molar-refractivity contribution is 8.03. The molecule has 1 atom stereocenters. The molecule has 3 aliphatic heterocycles. The second kappa shape index (κ2) is 7.16. The van der Waals surface area contributed by atoms with E-state index in [2.05, 4.69) is 52.7 Å².